The highest BCUT2D eigenvalue weighted by Crippen LogP contribution is 2.28. The number of anilines is 2. The smallest absolute Gasteiger partial charge is 0.185 e. The van der Waals surface area contributed by atoms with Crippen LogP contribution in [0.1, 0.15) is 10.6 Å². The number of hydrogen-bond acceptors (Lipinski definition) is 5. The molecule has 2 aromatic rings. The molecule has 1 N–H and O–H groups in total. The molecule has 0 bridgehead atoms. The van der Waals surface area contributed by atoms with Crippen LogP contribution in [-0.4, -0.2) is 36.3 Å². The van der Waals surface area contributed by atoms with Crippen molar-refractivity contribution >= 4 is 22.2 Å². The minimum absolute atomic E-state index is 0.0404. The fourth-order valence-corrected chi connectivity index (χ4v) is 3.51. The van der Waals surface area contributed by atoms with Gasteiger partial charge in [-0.3, -0.25) is 0 Å². The van der Waals surface area contributed by atoms with Gasteiger partial charge in [0.15, 0.2) is 5.13 Å². The molecule has 1 aliphatic heterocycles. The van der Waals surface area contributed by atoms with Gasteiger partial charge in [-0.05, 0) is 19.1 Å². The van der Waals surface area contributed by atoms with E-state index in [9.17, 15) is 9.50 Å². The second-order valence-corrected chi connectivity index (χ2v) is 6.15. The number of halogens is 1. The number of benzene rings is 1. The number of para-hydroxylation sites is 1. The van der Waals surface area contributed by atoms with Crippen LogP contribution >= 0.6 is 11.3 Å². The first kappa shape index (κ1) is 14.3. The summed E-state index contributed by atoms with van der Waals surface area (Å²) in [5.74, 6) is -0.168. The molecule has 1 aromatic heterocycles. The number of aliphatic hydroxyl groups excluding tert-OH is 1. The van der Waals surface area contributed by atoms with Crippen molar-refractivity contribution in [2.45, 2.75) is 13.5 Å². The molecule has 0 saturated carbocycles. The number of aryl methyl sites for hydroxylation is 1. The zero-order chi connectivity index (χ0) is 14.8. The van der Waals surface area contributed by atoms with Gasteiger partial charge in [0.25, 0.3) is 0 Å². The van der Waals surface area contributed by atoms with Gasteiger partial charge in [0, 0.05) is 26.2 Å². The predicted molar refractivity (Wildman–Crippen MR) is 83.6 cm³/mol. The molecule has 1 fully saturated rings. The van der Waals surface area contributed by atoms with Crippen LogP contribution in [0.2, 0.25) is 0 Å². The van der Waals surface area contributed by atoms with E-state index < -0.39 is 0 Å². The van der Waals surface area contributed by atoms with Crippen molar-refractivity contribution < 1.29 is 9.50 Å². The van der Waals surface area contributed by atoms with E-state index in [1.165, 1.54) is 17.4 Å². The summed E-state index contributed by atoms with van der Waals surface area (Å²) in [6.07, 6.45) is 0. The molecule has 6 heteroatoms. The van der Waals surface area contributed by atoms with Gasteiger partial charge in [0.05, 0.1) is 22.9 Å². The van der Waals surface area contributed by atoms with Crippen LogP contribution < -0.4 is 9.80 Å². The van der Waals surface area contributed by atoms with Crippen molar-refractivity contribution in [2.75, 3.05) is 36.0 Å². The first-order valence-electron chi connectivity index (χ1n) is 7.00. The average molecular weight is 307 g/mol. The van der Waals surface area contributed by atoms with Crippen LogP contribution in [0.3, 0.4) is 0 Å². The number of thiazole rings is 1. The third-order valence-corrected chi connectivity index (χ3v) is 4.97. The molecule has 2 heterocycles. The van der Waals surface area contributed by atoms with Crippen molar-refractivity contribution in [1.82, 2.24) is 4.98 Å². The SMILES string of the molecule is Cc1nc(N2CCN(c3ccccc3F)CC2)sc1CO. The maximum absolute atomic E-state index is 13.8. The van der Waals surface area contributed by atoms with E-state index in [0.29, 0.717) is 5.69 Å². The summed E-state index contributed by atoms with van der Waals surface area (Å²) in [5.41, 5.74) is 1.57. The van der Waals surface area contributed by atoms with Gasteiger partial charge >= 0.3 is 0 Å². The highest BCUT2D eigenvalue weighted by molar-refractivity contribution is 7.15. The highest BCUT2D eigenvalue weighted by Gasteiger charge is 2.22. The van der Waals surface area contributed by atoms with Crippen molar-refractivity contribution in [1.29, 1.82) is 0 Å². The summed E-state index contributed by atoms with van der Waals surface area (Å²) >= 11 is 1.54. The largest absolute Gasteiger partial charge is 0.391 e. The Morgan fingerprint density at radius 2 is 1.86 bits per heavy atom. The Labute approximate surface area is 127 Å². The lowest BCUT2D eigenvalue weighted by Gasteiger charge is -2.36. The minimum Gasteiger partial charge on any atom is -0.391 e. The molecule has 3 rings (SSSR count). The second kappa shape index (κ2) is 5.99. The molecule has 21 heavy (non-hydrogen) atoms. The maximum Gasteiger partial charge on any atom is 0.185 e. The van der Waals surface area contributed by atoms with Gasteiger partial charge in [0.1, 0.15) is 5.82 Å². The summed E-state index contributed by atoms with van der Waals surface area (Å²) in [4.78, 5) is 9.70. The molecule has 0 spiro atoms. The molecule has 4 nitrogen and oxygen atoms in total. The Bertz CT molecular complexity index is 623. The zero-order valence-corrected chi connectivity index (χ0v) is 12.7. The third kappa shape index (κ3) is 2.87. The zero-order valence-electron chi connectivity index (χ0n) is 11.9. The van der Waals surface area contributed by atoms with Crippen LogP contribution in [0.25, 0.3) is 0 Å². The average Bonchev–Trinajstić information content (AvgIpc) is 2.89. The molecule has 112 valence electrons. The van der Waals surface area contributed by atoms with Crippen LogP contribution in [0.15, 0.2) is 24.3 Å². The molecule has 0 amide bonds. The topological polar surface area (TPSA) is 39.6 Å². The molecule has 1 aromatic carbocycles. The van der Waals surface area contributed by atoms with Crippen molar-refractivity contribution in [3.05, 3.63) is 40.7 Å². The molecule has 0 atom stereocenters. The van der Waals surface area contributed by atoms with Crippen LogP contribution in [0, 0.1) is 12.7 Å². The fourth-order valence-electron chi connectivity index (χ4n) is 2.54. The van der Waals surface area contributed by atoms with E-state index in [1.807, 2.05) is 19.1 Å². The Balaban J connectivity index is 1.69. The molecule has 1 aliphatic rings. The standard InChI is InChI=1S/C15H18FN3OS/c1-11-14(10-20)21-15(17-11)19-8-6-18(7-9-19)13-5-3-2-4-12(13)16/h2-5,20H,6-10H2,1H3. The number of aromatic nitrogens is 1. The molecular formula is C15H18FN3OS. The van der Waals surface area contributed by atoms with E-state index in [1.54, 1.807) is 6.07 Å². The lowest BCUT2D eigenvalue weighted by molar-refractivity contribution is 0.284. The molecular weight excluding hydrogens is 289 g/mol. The monoisotopic (exact) mass is 307 g/mol. The molecule has 0 unspecified atom stereocenters. The normalized spacial score (nSPS) is 15.6. The molecule has 1 saturated heterocycles. The van der Waals surface area contributed by atoms with E-state index in [-0.39, 0.29) is 12.4 Å². The molecule has 0 aliphatic carbocycles. The third-order valence-electron chi connectivity index (χ3n) is 3.77. The van der Waals surface area contributed by atoms with E-state index in [0.717, 1.165) is 41.9 Å². The quantitative estimate of drug-likeness (QED) is 0.945. The summed E-state index contributed by atoms with van der Waals surface area (Å²) in [5, 5.41) is 10.2. The van der Waals surface area contributed by atoms with Crippen LogP contribution in [-0.2, 0) is 6.61 Å². The summed E-state index contributed by atoms with van der Waals surface area (Å²) in [7, 11) is 0. The number of aliphatic hydroxyl groups is 1. The summed E-state index contributed by atoms with van der Waals surface area (Å²) < 4.78 is 13.8. The van der Waals surface area contributed by atoms with Gasteiger partial charge in [0.2, 0.25) is 0 Å². The summed E-state index contributed by atoms with van der Waals surface area (Å²) in [6, 6.07) is 6.90. The Morgan fingerprint density at radius 3 is 2.48 bits per heavy atom. The number of nitrogens with zero attached hydrogens (tertiary/aromatic N) is 3. The number of rotatable bonds is 3. The van der Waals surface area contributed by atoms with Crippen LogP contribution in [0.4, 0.5) is 15.2 Å². The minimum atomic E-state index is -0.168. The van der Waals surface area contributed by atoms with Crippen molar-refractivity contribution in [3.8, 4) is 0 Å². The Kier molecular flexibility index (Phi) is 4.07. The maximum atomic E-state index is 13.8. The Hall–Kier alpha value is -1.66. The number of piperazine rings is 1. The predicted octanol–water partition coefficient (Wildman–Crippen LogP) is 2.41. The fraction of sp³-hybridized carbons (Fsp3) is 0.400. The highest BCUT2D eigenvalue weighted by atomic mass is 32.1. The van der Waals surface area contributed by atoms with Crippen molar-refractivity contribution in [3.63, 3.8) is 0 Å². The Morgan fingerprint density at radius 1 is 1.19 bits per heavy atom. The first-order chi connectivity index (χ1) is 10.2. The van der Waals surface area contributed by atoms with E-state index in [4.69, 9.17) is 0 Å². The summed E-state index contributed by atoms with van der Waals surface area (Å²) in [6.45, 7) is 5.13. The lowest BCUT2D eigenvalue weighted by atomic mass is 10.2. The van der Waals surface area contributed by atoms with Crippen molar-refractivity contribution in [2.24, 2.45) is 0 Å². The van der Waals surface area contributed by atoms with E-state index >= 15 is 0 Å². The lowest BCUT2D eigenvalue weighted by Crippen LogP contribution is -2.46. The first-order valence-corrected chi connectivity index (χ1v) is 7.82. The van der Waals surface area contributed by atoms with Gasteiger partial charge in [-0.2, -0.15) is 0 Å². The van der Waals surface area contributed by atoms with Crippen LogP contribution in [0.5, 0.6) is 0 Å². The molecule has 0 radical (unpaired) electrons. The second-order valence-electron chi connectivity index (χ2n) is 5.09. The van der Waals surface area contributed by atoms with E-state index in [2.05, 4.69) is 14.8 Å². The number of hydrogen-bond donors (Lipinski definition) is 1. The van der Waals surface area contributed by atoms with Gasteiger partial charge < -0.3 is 14.9 Å². The van der Waals surface area contributed by atoms with Gasteiger partial charge in [-0.15, -0.1) is 0 Å². The van der Waals surface area contributed by atoms with Gasteiger partial charge in [-0.1, -0.05) is 23.5 Å². The van der Waals surface area contributed by atoms with Gasteiger partial charge in [-0.25, -0.2) is 9.37 Å².